The molecular weight excluding hydrogens is 236 g/mol. The maximum absolute atomic E-state index is 11.9. The average molecular weight is 246 g/mol. The lowest BCUT2D eigenvalue weighted by atomic mass is 10.0. The molecule has 2 rings (SSSR count). The molecule has 0 bridgehead atoms. The van der Waals surface area contributed by atoms with Gasteiger partial charge in [0.25, 0.3) is 0 Å². The van der Waals surface area contributed by atoms with Crippen molar-refractivity contribution in [3.8, 4) is 11.4 Å². The Morgan fingerprint density at radius 3 is 2.67 bits per heavy atom. The Balaban J connectivity index is 2.28. The fourth-order valence-electron chi connectivity index (χ4n) is 1.56. The number of ketones is 1. The van der Waals surface area contributed by atoms with Crippen molar-refractivity contribution in [3.05, 3.63) is 29.8 Å². The van der Waals surface area contributed by atoms with Gasteiger partial charge in [0.05, 0.1) is 6.42 Å². The van der Waals surface area contributed by atoms with Crippen LogP contribution in [0.15, 0.2) is 24.3 Å². The van der Waals surface area contributed by atoms with Crippen LogP contribution in [0.1, 0.15) is 23.2 Å². The number of aliphatic carboxylic acids is 1. The summed E-state index contributed by atoms with van der Waals surface area (Å²) in [6.45, 7) is 0. The summed E-state index contributed by atoms with van der Waals surface area (Å²) in [5, 5.41) is 21.8. The largest absolute Gasteiger partial charge is 0.481 e. The minimum absolute atomic E-state index is 0.0477. The summed E-state index contributed by atoms with van der Waals surface area (Å²) in [6, 6.07) is 6.80. The van der Waals surface area contributed by atoms with Gasteiger partial charge in [-0.15, -0.1) is 5.10 Å². The van der Waals surface area contributed by atoms with Gasteiger partial charge in [-0.05, 0) is 10.4 Å². The van der Waals surface area contributed by atoms with Crippen molar-refractivity contribution in [3.63, 3.8) is 0 Å². The van der Waals surface area contributed by atoms with Crippen LogP contribution in [0.4, 0.5) is 0 Å². The van der Waals surface area contributed by atoms with E-state index < -0.39 is 5.97 Å². The van der Waals surface area contributed by atoms with Crippen LogP contribution in [-0.4, -0.2) is 37.5 Å². The molecule has 2 aromatic rings. The van der Waals surface area contributed by atoms with Crippen molar-refractivity contribution >= 4 is 11.8 Å². The zero-order valence-corrected chi connectivity index (χ0v) is 9.33. The number of carbonyl (C=O) groups excluding carboxylic acids is 1. The third-order valence-corrected chi connectivity index (χ3v) is 2.39. The van der Waals surface area contributed by atoms with Crippen molar-refractivity contribution in [2.45, 2.75) is 12.8 Å². The Hall–Kier alpha value is -2.57. The molecule has 1 aromatic carbocycles. The maximum atomic E-state index is 11.9. The summed E-state index contributed by atoms with van der Waals surface area (Å²) in [6.07, 6.45) is -0.240. The number of hydrogen-bond donors (Lipinski definition) is 2. The lowest BCUT2D eigenvalue weighted by molar-refractivity contribution is -0.136. The van der Waals surface area contributed by atoms with Crippen LogP contribution in [-0.2, 0) is 4.79 Å². The third-order valence-electron chi connectivity index (χ3n) is 2.39. The van der Waals surface area contributed by atoms with Crippen molar-refractivity contribution in [1.29, 1.82) is 0 Å². The number of nitrogens with one attached hydrogen (secondary N) is 1. The molecule has 0 amide bonds. The van der Waals surface area contributed by atoms with Gasteiger partial charge in [0.1, 0.15) is 0 Å². The molecule has 0 saturated heterocycles. The SMILES string of the molecule is O=C(O)CCC(=O)c1ccccc1-c1nnn[nH]1. The molecule has 92 valence electrons. The molecule has 0 aliphatic heterocycles. The number of benzene rings is 1. The van der Waals surface area contributed by atoms with E-state index >= 15 is 0 Å². The number of Topliss-reactive ketones (excluding diaryl/α,β-unsaturated/α-hetero) is 1. The molecule has 0 spiro atoms. The standard InChI is InChI=1S/C11H10N4O3/c16-9(5-6-10(17)18)7-3-1-2-4-8(7)11-12-14-15-13-11/h1-4H,5-6H2,(H,17,18)(H,12,13,14,15). The van der Waals surface area contributed by atoms with Gasteiger partial charge in [0, 0.05) is 17.5 Å². The van der Waals surface area contributed by atoms with Crippen LogP contribution in [0.2, 0.25) is 0 Å². The molecule has 0 unspecified atom stereocenters. The quantitative estimate of drug-likeness (QED) is 0.759. The summed E-state index contributed by atoms with van der Waals surface area (Å²) >= 11 is 0. The second-order valence-electron chi connectivity index (χ2n) is 3.61. The molecule has 0 fully saturated rings. The number of carboxylic acid groups (broad SMARTS) is 1. The minimum atomic E-state index is -0.998. The van der Waals surface area contributed by atoms with Crippen molar-refractivity contribution in [2.24, 2.45) is 0 Å². The van der Waals surface area contributed by atoms with Crippen LogP contribution in [0, 0.1) is 0 Å². The maximum Gasteiger partial charge on any atom is 0.303 e. The van der Waals surface area contributed by atoms with Gasteiger partial charge >= 0.3 is 5.97 Å². The summed E-state index contributed by atoms with van der Waals surface area (Å²) in [7, 11) is 0. The van der Waals surface area contributed by atoms with Crippen LogP contribution in [0.25, 0.3) is 11.4 Å². The zero-order chi connectivity index (χ0) is 13.0. The highest BCUT2D eigenvalue weighted by atomic mass is 16.4. The lowest BCUT2D eigenvalue weighted by Gasteiger charge is -2.04. The number of H-pyrrole nitrogens is 1. The van der Waals surface area contributed by atoms with E-state index in [2.05, 4.69) is 20.6 Å². The van der Waals surface area contributed by atoms with Crippen molar-refractivity contribution in [1.82, 2.24) is 20.6 Å². The number of hydrogen-bond acceptors (Lipinski definition) is 5. The molecule has 1 aromatic heterocycles. The highest BCUT2D eigenvalue weighted by molar-refractivity contribution is 6.02. The summed E-state index contributed by atoms with van der Waals surface area (Å²) in [5.74, 6) is -0.860. The molecule has 0 atom stereocenters. The highest BCUT2D eigenvalue weighted by Crippen LogP contribution is 2.20. The number of tetrazole rings is 1. The van der Waals surface area contributed by atoms with Gasteiger partial charge in [-0.2, -0.15) is 0 Å². The summed E-state index contributed by atoms with van der Waals surface area (Å²) in [4.78, 5) is 22.4. The van der Waals surface area contributed by atoms with E-state index in [0.29, 0.717) is 17.0 Å². The summed E-state index contributed by atoms with van der Waals surface area (Å²) < 4.78 is 0. The summed E-state index contributed by atoms with van der Waals surface area (Å²) in [5.41, 5.74) is 0.982. The Bertz CT molecular complexity index is 565. The normalized spacial score (nSPS) is 10.2. The molecule has 18 heavy (non-hydrogen) atoms. The topological polar surface area (TPSA) is 109 Å². The predicted molar refractivity (Wildman–Crippen MR) is 60.8 cm³/mol. The number of nitrogens with zero attached hydrogens (tertiary/aromatic N) is 3. The second kappa shape index (κ2) is 5.17. The van der Waals surface area contributed by atoms with Gasteiger partial charge in [0.15, 0.2) is 11.6 Å². The van der Waals surface area contributed by atoms with Crippen LogP contribution >= 0.6 is 0 Å². The molecule has 7 heteroatoms. The number of aromatic nitrogens is 4. The number of aromatic amines is 1. The van der Waals surface area contributed by atoms with Gasteiger partial charge in [-0.1, -0.05) is 24.3 Å². The van der Waals surface area contributed by atoms with E-state index in [0.717, 1.165) is 0 Å². The van der Waals surface area contributed by atoms with Crippen molar-refractivity contribution in [2.75, 3.05) is 0 Å². The van der Waals surface area contributed by atoms with Crippen LogP contribution in [0.5, 0.6) is 0 Å². The first kappa shape index (κ1) is 11.9. The second-order valence-corrected chi connectivity index (χ2v) is 3.61. The number of carbonyl (C=O) groups is 2. The van der Waals surface area contributed by atoms with E-state index in [-0.39, 0.29) is 18.6 Å². The smallest absolute Gasteiger partial charge is 0.303 e. The van der Waals surface area contributed by atoms with Gasteiger partial charge in [-0.25, -0.2) is 5.10 Å². The first-order chi connectivity index (χ1) is 8.68. The Kier molecular flexibility index (Phi) is 3.42. The molecular formula is C11H10N4O3. The Labute approximate surface area is 102 Å². The molecule has 0 radical (unpaired) electrons. The Morgan fingerprint density at radius 1 is 1.22 bits per heavy atom. The highest BCUT2D eigenvalue weighted by Gasteiger charge is 2.15. The van der Waals surface area contributed by atoms with Gasteiger partial charge < -0.3 is 5.11 Å². The molecule has 0 saturated carbocycles. The average Bonchev–Trinajstić information content (AvgIpc) is 2.89. The molecule has 1 heterocycles. The number of rotatable bonds is 5. The minimum Gasteiger partial charge on any atom is -0.481 e. The van der Waals surface area contributed by atoms with E-state index in [1.165, 1.54) is 0 Å². The van der Waals surface area contributed by atoms with Gasteiger partial charge in [-0.3, -0.25) is 9.59 Å². The predicted octanol–water partition coefficient (Wildman–Crippen LogP) is 0.914. The first-order valence-electron chi connectivity index (χ1n) is 5.26. The van der Waals surface area contributed by atoms with E-state index in [9.17, 15) is 9.59 Å². The van der Waals surface area contributed by atoms with Crippen LogP contribution in [0.3, 0.4) is 0 Å². The molecule has 0 aliphatic rings. The Morgan fingerprint density at radius 2 is 2.00 bits per heavy atom. The van der Waals surface area contributed by atoms with Crippen LogP contribution < -0.4 is 0 Å². The lowest BCUT2D eigenvalue weighted by Crippen LogP contribution is -2.05. The molecule has 0 aliphatic carbocycles. The van der Waals surface area contributed by atoms with E-state index in [1.54, 1.807) is 24.3 Å². The zero-order valence-electron chi connectivity index (χ0n) is 9.33. The number of carboxylic acids is 1. The molecule has 2 N–H and O–H groups in total. The van der Waals surface area contributed by atoms with Crippen molar-refractivity contribution < 1.29 is 14.7 Å². The fraction of sp³-hybridized carbons (Fsp3) is 0.182. The molecule has 7 nitrogen and oxygen atoms in total. The first-order valence-corrected chi connectivity index (χ1v) is 5.26. The monoisotopic (exact) mass is 246 g/mol. The van der Waals surface area contributed by atoms with E-state index in [4.69, 9.17) is 5.11 Å². The fourth-order valence-corrected chi connectivity index (χ4v) is 1.56. The third kappa shape index (κ3) is 2.57. The van der Waals surface area contributed by atoms with E-state index in [1.807, 2.05) is 0 Å². The van der Waals surface area contributed by atoms with Gasteiger partial charge in [0.2, 0.25) is 0 Å².